The van der Waals surface area contributed by atoms with Crippen molar-refractivity contribution >= 4 is 5.91 Å². The minimum Gasteiger partial charge on any atom is -0.341 e. The molecule has 1 aromatic rings. The van der Waals surface area contributed by atoms with Crippen LogP contribution in [-0.2, 0) is 11.3 Å². The van der Waals surface area contributed by atoms with Crippen molar-refractivity contribution in [1.82, 2.24) is 4.90 Å². The molecule has 2 fully saturated rings. The maximum absolute atomic E-state index is 12.8. The normalized spacial score (nSPS) is 30.7. The fourth-order valence-electron chi connectivity index (χ4n) is 4.31. The van der Waals surface area contributed by atoms with Crippen LogP contribution < -0.4 is 5.73 Å². The van der Waals surface area contributed by atoms with Gasteiger partial charge in [-0.1, -0.05) is 23.8 Å². The minimum absolute atomic E-state index is 0.0551. The summed E-state index contributed by atoms with van der Waals surface area (Å²) >= 11 is 0. The molecule has 0 aliphatic heterocycles. The number of aryl methyl sites for hydroxylation is 2. The van der Waals surface area contributed by atoms with Gasteiger partial charge in [0, 0.05) is 19.6 Å². The molecule has 0 spiro atoms. The molecular formula is C18H26N2O. The number of nitrogens with zero attached hydrogens (tertiary/aromatic N) is 1. The van der Waals surface area contributed by atoms with E-state index in [9.17, 15) is 4.79 Å². The lowest BCUT2D eigenvalue weighted by Gasteiger charge is -2.31. The van der Waals surface area contributed by atoms with E-state index in [-0.39, 0.29) is 17.9 Å². The predicted octanol–water partition coefficient (Wildman–Crippen LogP) is 2.64. The number of amides is 1. The zero-order valence-electron chi connectivity index (χ0n) is 13.3. The third-order valence-electron chi connectivity index (χ3n) is 5.55. The van der Waals surface area contributed by atoms with E-state index in [1.165, 1.54) is 29.5 Å². The Morgan fingerprint density at radius 1 is 1.29 bits per heavy atom. The van der Waals surface area contributed by atoms with Crippen molar-refractivity contribution in [2.45, 2.75) is 45.7 Å². The van der Waals surface area contributed by atoms with E-state index < -0.39 is 0 Å². The van der Waals surface area contributed by atoms with Gasteiger partial charge in [0.1, 0.15) is 0 Å². The standard InChI is InChI=1S/C18H26N2O/c1-11-4-5-15(12(2)8-11)10-20(3)18(21)16-13-6-7-14(9-13)17(16)19/h4-5,8,13-14,16-17H,6-7,9-10,19H2,1-3H3. The number of rotatable bonds is 3. The van der Waals surface area contributed by atoms with Crippen molar-refractivity contribution in [1.29, 1.82) is 0 Å². The smallest absolute Gasteiger partial charge is 0.227 e. The second-order valence-corrected chi connectivity index (χ2v) is 7.06. The van der Waals surface area contributed by atoms with Crippen LogP contribution >= 0.6 is 0 Å². The van der Waals surface area contributed by atoms with Crippen LogP contribution in [0.4, 0.5) is 0 Å². The highest BCUT2D eigenvalue weighted by Gasteiger charge is 2.49. The number of carbonyl (C=O) groups is 1. The van der Waals surface area contributed by atoms with Gasteiger partial charge < -0.3 is 10.6 Å². The largest absolute Gasteiger partial charge is 0.341 e. The molecule has 3 rings (SSSR count). The van der Waals surface area contributed by atoms with Gasteiger partial charge in [-0.15, -0.1) is 0 Å². The SMILES string of the molecule is Cc1ccc(CN(C)C(=O)C2C3CCC(C3)C2N)c(C)c1. The van der Waals surface area contributed by atoms with Crippen LogP contribution in [0, 0.1) is 31.6 Å². The molecule has 2 saturated carbocycles. The molecule has 1 aromatic carbocycles. The maximum Gasteiger partial charge on any atom is 0.227 e. The van der Waals surface area contributed by atoms with Gasteiger partial charge in [0.2, 0.25) is 5.91 Å². The highest BCUT2D eigenvalue weighted by molar-refractivity contribution is 5.80. The first-order chi connectivity index (χ1) is 9.97. The van der Waals surface area contributed by atoms with Crippen LogP contribution in [0.1, 0.15) is 36.0 Å². The molecule has 0 saturated heterocycles. The summed E-state index contributed by atoms with van der Waals surface area (Å²) in [7, 11) is 1.92. The van der Waals surface area contributed by atoms with Crippen molar-refractivity contribution in [3.8, 4) is 0 Å². The minimum atomic E-state index is 0.0551. The fourth-order valence-corrected chi connectivity index (χ4v) is 4.31. The second-order valence-electron chi connectivity index (χ2n) is 7.06. The molecule has 0 heterocycles. The van der Waals surface area contributed by atoms with Gasteiger partial charge in [0.05, 0.1) is 5.92 Å². The first-order valence-corrected chi connectivity index (χ1v) is 8.04. The van der Waals surface area contributed by atoms with E-state index in [0.29, 0.717) is 18.4 Å². The van der Waals surface area contributed by atoms with Gasteiger partial charge in [-0.05, 0) is 56.1 Å². The van der Waals surface area contributed by atoms with Crippen LogP contribution in [-0.4, -0.2) is 23.9 Å². The fraction of sp³-hybridized carbons (Fsp3) is 0.611. The molecule has 0 radical (unpaired) electrons. The van der Waals surface area contributed by atoms with Crippen molar-refractivity contribution < 1.29 is 4.79 Å². The summed E-state index contributed by atoms with van der Waals surface area (Å²) in [6.45, 7) is 4.90. The molecule has 114 valence electrons. The van der Waals surface area contributed by atoms with Crippen LogP contribution in [0.15, 0.2) is 18.2 Å². The summed E-state index contributed by atoms with van der Waals surface area (Å²) in [6, 6.07) is 6.51. The quantitative estimate of drug-likeness (QED) is 0.928. The van der Waals surface area contributed by atoms with E-state index in [4.69, 9.17) is 5.73 Å². The van der Waals surface area contributed by atoms with E-state index in [2.05, 4.69) is 32.0 Å². The molecule has 3 nitrogen and oxygen atoms in total. The summed E-state index contributed by atoms with van der Waals surface area (Å²) in [5.74, 6) is 1.41. The van der Waals surface area contributed by atoms with E-state index in [1.54, 1.807) is 0 Å². The van der Waals surface area contributed by atoms with Gasteiger partial charge in [-0.2, -0.15) is 0 Å². The Kier molecular flexibility index (Phi) is 3.78. The van der Waals surface area contributed by atoms with Gasteiger partial charge >= 0.3 is 0 Å². The van der Waals surface area contributed by atoms with Crippen LogP contribution in [0.3, 0.4) is 0 Å². The van der Waals surface area contributed by atoms with Crippen LogP contribution in [0.2, 0.25) is 0 Å². The first-order valence-electron chi connectivity index (χ1n) is 8.04. The van der Waals surface area contributed by atoms with Gasteiger partial charge in [0.15, 0.2) is 0 Å². The maximum atomic E-state index is 12.8. The van der Waals surface area contributed by atoms with Crippen LogP contribution in [0.25, 0.3) is 0 Å². The summed E-state index contributed by atoms with van der Waals surface area (Å²) in [4.78, 5) is 14.7. The molecule has 2 N–H and O–H groups in total. The van der Waals surface area contributed by atoms with Crippen LogP contribution in [0.5, 0.6) is 0 Å². The monoisotopic (exact) mass is 286 g/mol. The van der Waals surface area contributed by atoms with E-state index >= 15 is 0 Å². The molecule has 0 aromatic heterocycles. The molecule has 1 amide bonds. The average molecular weight is 286 g/mol. The van der Waals surface area contributed by atoms with Gasteiger partial charge in [-0.25, -0.2) is 0 Å². The van der Waals surface area contributed by atoms with Crippen molar-refractivity contribution in [2.75, 3.05) is 7.05 Å². The lowest BCUT2D eigenvalue weighted by atomic mass is 9.84. The zero-order valence-corrected chi connectivity index (χ0v) is 13.3. The average Bonchev–Trinajstić information content (AvgIpc) is 3.02. The number of hydrogen-bond acceptors (Lipinski definition) is 2. The molecule has 4 atom stereocenters. The predicted molar refractivity (Wildman–Crippen MR) is 84.7 cm³/mol. The Morgan fingerprint density at radius 3 is 2.62 bits per heavy atom. The summed E-state index contributed by atoms with van der Waals surface area (Å²) in [5.41, 5.74) is 10.0. The Bertz CT molecular complexity index is 552. The zero-order chi connectivity index (χ0) is 15.1. The number of carbonyl (C=O) groups excluding carboxylic acids is 1. The molecular weight excluding hydrogens is 260 g/mol. The van der Waals surface area contributed by atoms with Crippen molar-refractivity contribution in [3.63, 3.8) is 0 Å². The lowest BCUT2D eigenvalue weighted by molar-refractivity contribution is -0.137. The molecule has 3 heteroatoms. The van der Waals surface area contributed by atoms with Gasteiger partial charge in [-0.3, -0.25) is 4.79 Å². The molecule has 21 heavy (non-hydrogen) atoms. The molecule has 2 aliphatic carbocycles. The highest BCUT2D eigenvalue weighted by atomic mass is 16.2. The van der Waals surface area contributed by atoms with Crippen molar-refractivity contribution in [2.24, 2.45) is 23.5 Å². The second kappa shape index (κ2) is 5.45. The Labute approximate surface area is 127 Å². The summed E-state index contributed by atoms with van der Waals surface area (Å²) in [6.07, 6.45) is 3.57. The number of fused-ring (bicyclic) bond motifs is 2. The number of hydrogen-bond donors (Lipinski definition) is 1. The Morgan fingerprint density at radius 2 is 2.00 bits per heavy atom. The molecule has 2 bridgehead atoms. The van der Waals surface area contributed by atoms with Gasteiger partial charge in [0.25, 0.3) is 0 Å². The third kappa shape index (κ3) is 2.59. The number of nitrogens with two attached hydrogens (primary N) is 1. The first kappa shape index (κ1) is 14.6. The summed E-state index contributed by atoms with van der Waals surface area (Å²) in [5, 5.41) is 0. The molecule has 4 unspecified atom stereocenters. The Hall–Kier alpha value is -1.35. The third-order valence-corrected chi connectivity index (χ3v) is 5.55. The lowest BCUT2D eigenvalue weighted by Crippen LogP contribution is -2.45. The summed E-state index contributed by atoms with van der Waals surface area (Å²) < 4.78 is 0. The Balaban J connectivity index is 1.70. The topological polar surface area (TPSA) is 46.3 Å². The number of benzene rings is 1. The molecule has 2 aliphatic rings. The highest BCUT2D eigenvalue weighted by Crippen LogP contribution is 2.48. The van der Waals surface area contributed by atoms with Crippen molar-refractivity contribution in [3.05, 3.63) is 34.9 Å². The van der Waals surface area contributed by atoms with E-state index in [0.717, 1.165) is 6.42 Å². The van der Waals surface area contributed by atoms with E-state index in [1.807, 2.05) is 11.9 Å².